The van der Waals surface area contributed by atoms with Crippen molar-refractivity contribution in [2.45, 2.75) is 33.7 Å². The van der Waals surface area contributed by atoms with Crippen LogP contribution in [0.2, 0.25) is 0 Å². The molecule has 0 saturated carbocycles. The van der Waals surface area contributed by atoms with E-state index in [4.69, 9.17) is 5.11 Å². The first-order valence-electron chi connectivity index (χ1n) is 5.44. The van der Waals surface area contributed by atoms with Gasteiger partial charge in [0.2, 0.25) is 0 Å². The Bertz CT molecular complexity index is 352. The van der Waals surface area contributed by atoms with Gasteiger partial charge in [-0.25, -0.2) is 0 Å². The van der Waals surface area contributed by atoms with Gasteiger partial charge in [-0.05, 0) is 31.4 Å². The first-order chi connectivity index (χ1) is 7.45. The molecule has 1 atom stereocenters. The lowest BCUT2D eigenvalue weighted by molar-refractivity contribution is 0.0901. The van der Waals surface area contributed by atoms with Crippen LogP contribution >= 0.6 is 11.3 Å². The van der Waals surface area contributed by atoms with E-state index >= 15 is 0 Å². The van der Waals surface area contributed by atoms with Crippen LogP contribution in [0.3, 0.4) is 0 Å². The highest BCUT2D eigenvalue weighted by Gasteiger charge is 2.17. The van der Waals surface area contributed by atoms with Crippen LogP contribution in [-0.2, 0) is 0 Å². The molecule has 0 aromatic carbocycles. The van der Waals surface area contributed by atoms with Gasteiger partial charge in [0, 0.05) is 4.88 Å². The molecular formula is C12H19NO2S. The molecule has 1 amide bonds. The van der Waals surface area contributed by atoms with E-state index in [2.05, 4.69) is 5.32 Å². The Morgan fingerprint density at radius 1 is 1.50 bits per heavy atom. The number of carbonyl (C=O) groups excluding carboxylic acids is 1. The Kier molecular flexibility index (Phi) is 4.50. The number of nitrogens with one attached hydrogen (secondary N) is 1. The number of thiophene rings is 1. The second-order valence-electron chi connectivity index (χ2n) is 4.36. The van der Waals surface area contributed by atoms with Crippen molar-refractivity contribution in [2.24, 2.45) is 5.92 Å². The topological polar surface area (TPSA) is 49.3 Å². The first-order valence-corrected chi connectivity index (χ1v) is 6.26. The third kappa shape index (κ3) is 3.06. The fraction of sp³-hybridized carbons (Fsp3) is 0.583. The Morgan fingerprint density at radius 2 is 2.12 bits per heavy atom. The largest absolute Gasteiger partial charge is 0.394 e. The summed E-state index contributed by atoms with van der Waals surface area (Å²) in [5, 5.41) is 12.0. The number of carbonyl (C=O) groups is 1. The molecule has 0 aliphatic rings. The first kappa shape index (κ1) is 13.2. The Balaban J connectivity index is 2.71. The summed E-state index contributed by atoms with van der Waals surface area (Å²) < 4.78 is 0. The number of aryl methyl sites for hydroxylation is 2. The van der Waals surface area contributed by atoms with Gasteiger partial charge in [0.25, 0.3) is 5.91 Å². The van der Waals surface area contributed by atoms with Crippen LogP contribution in [0.5, 0.6) is 0 Å². The van der Waals surface area contributed by atoms with Crippen LogP contribution in [0.15, 0.2) is 6.07 Å². The van der Waals surface area contributed by atoms with Crippen molar-refractivity contribution < 1.29 is 9.90 Å². The number of aliphatic hydroxyl groups excluding tert-OH is 1. The maximum absolute atomic E-state index is 11.9. The summed E-state index contributed by atoms with van der Waals surface area (Å²) in [6, 6.07) is 1.72. The van der Waals surface area contributed by atoms with E-state index in [0.29, 0.717) is 4.88 Å². The smallest absolute Gasteiger partial charge is 0.261 e. The summed E-state index contributed by atoms with van der Waals surface area (Å²) in [7, 11) is 0. The molecule has 0 bridgehead atoms. The monoisotopic (exact) mass is 241 g/mol. The van der Waals surface area contributed by atoms with Crippen LogP contribution < -0.4 is 5.32 Å². The number of rotatable bonds is 4. The van der Waals surface area contributed by atoms with Gasteiger partial charge in [0.1, 0.15) is 0 Å². The fourth-order valence-electron chi connectivity index (χ4n) is 1.35. The van der Waals surface area contributed by atoms with Crippen LogP contribution in [0.4, 0.5) is 0 Å². The molecule has 3 nitrogen and oxygen atoms in total. The summed E-state index contributed by atoms with van der Waals surface area (Å²) in [4.78, 5) is 13.8. The van der Waals surface area contributed by atoms with Gasteiger partial charge in [-0.1, -0.05) is 13.8 Å². The molecule has 90 valence electrons. The van der Waals surface area contributed by atoms with Crippen LogP contribution in [0.1, 0.15) is 34.0 Å². The molecule has 1 rings (SSSR count). The molecule has 4 heteroatoms. The molecule has 0 aliphatic carbocycles. The minimum Gasteiger partial charge on any atom is -0.394 e. The van der Waals surface area contributed by atoms with Gasteiger partial charge in [0.05, 0.1) is 17.5 Å². The van der Waals surface area contributed by atoms with Crippen LogP contribution in [0.25, 0.3) is 0 Å². The maximum atomic E-state index is 11.9. The summed E-state index contributed by atoms with van der Waals surface area (Å²) in [6.07, 6.45) is 0. The van der Waals surface area contributed by atoms with Crippen LogP contribution in [0, 0.1) is 19.8 Å². The van der Waals surface area contributed by atoms with Crippen molar-refractivity contribution >= 4 is 17.2 Å². The lowest BCUT2D eigenvalue weighted by Gasteiger charge is -2.19. The summed E-state index contributed by atoms with van der Waals surface area (Å²) >= 11 is 1.49. The molecule has 2 N–H and O–H groups in total. The van der Waals surface area contributed by atoms with Gasteiger partial charge in [-0.3, -0.25) is 4.79 Å². The summed E-state index contributed by atoms with van der Waals surface area (Å²) in [5.74, 6) is 0.144. The van der Waals surface area contributed by atoms with E-state index in [1.807, 2.05) is 33.8 Å². The van der Waals surface area contributed by atoms with E-state index < -0.39 is 0 Å². The fourth-order valence-corrected chi connectivity index (χ4v) is 2.28. The number of aliphatic hydroxyl groups is 1. The van der Waals surface area contributed by atoms with E-state index in [9.17, 15) is 4.79 Å². The standard InChI is InChI=1S/C12H19NO2S/c1-7(2)10(6-14)13-12(15)11-5-8(3)9(4)16-11/h5,7,10,14H,6H2,1-4H3,(H,13,15). The highest BCUT2D eigenvalue weighted by Crippen LogP contribution is 2.20. The van der Waals surface area contributed by atoms with E-state index in [1.54, 1.807) is 0 Å². The van der Waals surface area contributed by atoms with Crippen molar-refractivity contribution in [3.8, 4) is 0 Å². The average molecular weight is 241 g/mol. The van der Waals surface area contributed by atoms with Gasteiger partial charge in [-0.15, -0.1) is 11.3 Å². The van der Waals surface area contributed by atoms with Gasteiger partial charge in [0.15, 0.2) is 0 Å². The van der Waals surface area contributed by atoms with Gasteiger partial charge >= 0.3 is 0 Å². The molecule has 0 aliphatic heterocycles. The number of hydrogen-bond acceptors (Lipinski definition) is 3. The predicted molar refractivity (Wildman–Crippen MR) is 67.0 cm³/mol. The third-order valence-electron chi connectivity index (χ3n) is 2.71. The Morgan fingerprint density at radius 3 is 2.50 bits per heavy atom. The van der Waals surface area contributed by atoms with Gasteiger partial charge < -0.3 is 10.4 Å². The maximum Gasteiger partial charge on any atom is 0.261 e. The highest BCUT2D eigenvalue weighted by molar-refractivity contribution is 7.14. The van der Waals surface area contributed by atoms with E-state index in [0.717, 1.165) is 10.4 Å². The van der Waals surface area contributed by atoms with E-state index in [-0.39, 0.29) is 24.5 Å². The highest BCUT2D eigenvalue weighted by atomic mass is 32.1. The molecule has 1 heterocycles. The minimum absolute atomic E-state index is 0.0211. The molecule has 1 aromatic heterocycles. The average Bonchev–Trinajstić information content (AvgIpc) is 2.55. The second kappa shape index (κ2) is 5.46. The zero-order valence-corrected chi connectivity index (χ0v) is 11.0. The summed E-state index contributed by atoms with van der Waals surface area (Å²) in [5.41, 5.74) is 1.14. The predicted octanol–water partition coefficient (Wildman–Crippen LogP) is 2.11. The Labute approximate surface area is 100 Å². The molecule has 0 saturated heterocycles. The molecule has 0 spiro atoms. The zero-order valence-electron chi connectivity index (χ0n) is 10.2. The van der Waals surface area contributed by atoms with E-state index in [1.165, 1.54) is 11.3 Å². The quantitative estimate of drug-likeness (QED) is 0.848. The molecule has 1 aromatic rings. The van der Waals surface area contributed by atoms with Crippen molar-refractivity contribution in [3.05, 3.63) is 21.4 Å². The van der Waals surface area contributed by atoms with Crippen molar-refractivity contribution in [1.82, 2.24) is 5.32 Å². The third-order valence-corrected chi connectivity index (χ3v) is 3.86. The zero-order chi connectivity index (χ0) is 12.3. The van der Waals surface area contributed by atoms with Crippen molar-refractivity contribution in [2.75, 3.05) is 6.61 Å². The lowest BCUT2D eigenvalue weighted by Crippen LogP contribution is -2.40. The molecule has 1 unspecified atom stereocenters. The summed E-state index contributed by atoms with van der Waals surface area (Å²) in [6.45, 7) is 7.93. The van der Waals surface area contributed by atoms with Crippen molar-refractivity contribution in [3.63, 3.8) is 0 Å². The normalized spacial score (nSPS) is 12.9. The number of hydrogen-bond donors (Lipinski definition) is 2. The molecule has 16 heavy (non-hydrogen) atoms. The molecule has 0 fully saturated rings. The van der Waals surface area contributed by atoms with Gasteiger partial charge in [-0.2, -0.15) is 0 Å². The van der Waals surface area contributed by atoms with Crippen molar-refractivity contribution in [1.29, 1.82) is 0 Å². The molecule has 0 radical (unpaired) electrons. The Hall–Kier alpha value is -0.870. The minimum atomic E-state index is -0.171. The second-order valence-corrected chi connectivity index (χ2v) is 5.61. The number of amides is 1. The SMILES string of the molecule is Cc1cc(C(=O)NC(CO)C(C)C)sc1C. The van der Waals surface area contributed by atoms with Crippen LogP contribution in [-0.4, -0.2) is 23.7 Å². The molecular weight excluding hydrogens is 222 g/mol. The lowest BCUT2D eigenvalue weighted by atomic mass is 10.1.